The number of unbranched alkanes of at least 4 members (excludes halogenated alkanes) is 1. The molecule has 0 atom stereocenters. The summed E-state index contributed by atoms with van der Waals surface area (Å²) in [6, 6.07) is 7.86. The average Bonchev–Trinajstić information content (AvgIpc) is 2.49. The van der Waals surface area contributed by atoms with Gasteiger partial charge in [-0.3, -0.25) is 4.79 Å². The summed E-state index contributed by atoms with van der Waals surface area (Å²) in [6.45, 7) is 10.3. The first-order valence-electron chi connectivity index (χ1n) is 7.80. The van der Waals surface area contributed by atoms with Gasteiger partial charge in [-0.2, -0.15) is 0 Å². The summed E-state index contributed by atoms with van der Waals surface area (Å²) >= 11 is 0. The Morgan fingerprint density at radius 1 is 1.10 bits per heavy atom. The SMILES string of the molecule is CCCCNc1ccc(C(=O)CCN(CC)CC)cc1. The first kappa shape index (κ1) is 16.7. The molecule has 1 aromatic rings. The fourth-order valence-corrected chi connectivity index (χ4v) is 2.13. The Kier molecular flexibility index (Phi) is 7.97. The van der Waals surface area contributed by atoms with Gasteiger partial charge in [-0.15, -0.1) is 0 Å². The van der Waals surface area contributed by atoms with Gasteiger partial charge < -0.3 is 10.2 Å². The van der Waals surface area contributed by atoms with Crippen molar-refractivity contribution in [2.24, 2.45) is 0 Å². The molecule has 0 saturated carbocycles. The first-order chi connectivity index (χ1) is 9.71. The molecule has 0 aliphatic carbocycles. The van der Waals surface area contributed by atoms with E-state index in [2.05, 4.69) is 31.0 Å². The van der Waals surface area contributed by atoms with Crippen molar-refractivity contribution < 1.29 is 4.79 Å². The molecular formula is C17H28N2O. The maximum Gasteiger partial charge on any atom is 0.164 e. The molecule has 0 heterocycles. The number of ketones is 1. The van der Waals surface area contributed by atoms with Gasteiger partial charge >= 0.3 is 0 Å². The van der Waals surface area contributed by atoms with Crippen molar-refractivity contribution in [1.82, 2.24) is 4.90 Å². The van der Waals surface area contributed by atoms with Crippen LogP contribution in [0.4, 0.5) is 5.69 Å². The predicted molar refractivity (Wildman–Crippen MR) is 86.6 cm³/mol. The van der Waals surface area contributed by atoms with Gasteiger partial charge in [0.25, 0.3) is 0 Å². The van der Waals surface area contributed by atoms with E-state index in [-0.39, 0.29) is 5.78 Å². The molecule has 0 fully saturated rings. The number of nitrogens with one attached hydrogen (secondary N) is 1. The second-order valence-electron chi connectivity index (χ2n) is 5.06. The van der Waals surface area contributed by atoms with E-state index in [1.54, 1.807) is 0 Å². The summed E-state index contributed by atoms with van der Waals surface area (Å²) in [6.07, 6.45) is 2.96. The number of rotatable bonds is 10. The van der Waals surface area contributed by atoms with Gasteiger partial charge in [0.05, 0.1) is 0 Å². The van der Waals surface area contributed by atoms with Crippen LogP contribution in [0.5, 0.6) is 0 Å². The number of Topliss-reactive ketones (excluding diaryl/α,β-unsaturated/α-hetero) is 1. The highest BCUT2D eigenvalue weighted by Gasteiger charge is 2.08. The van der Waals surface area contributed by atoms with Crippen molar-refractivity contribution >= 4 is 11.5 Å². The molecule has 0 saturated heterocycles. The van der Waals surface area contributed by atoms with Crippen LogP contribution >= 0.6 is 0 Å². The van der Waals surface area contributed by atoms with Crippen LogP contribution in [0.15, 0.2) is 24.3 Å². The molecule has 3 nitrogen and oxygen atoms in total. The minimum Gasteiger partial charge on any atom is -0.385 e. The summed E-state index contributed by atoms with van der Waals surface area (Å²) in [5, 5.41) is 3.36. The van der Waals surface area contributed by atoms with Crippen LogP contribution in [-0.4, -0.2) is 36.9 Å². The number of hydrogen-bond acceptors (Lipinski definition) is 3. The fraction of sp³-hybridized carbons (Fsp3) is 0.588. The Morgan fingerprint density at radius 3 is 2.30 bits per heavy atom. The van der Waals surface area contributed by atoms with Crippen LogP contribution in [0.1, 0.15) is 50.4 Å². The number of carbonyl (C=O) groups excluding carboxylic acids is 1. The van der Waals surface area contributed by atoms with Crippen molar-refractivity contribution in [2.45, 2.75) is 40.0 Å². The van der Waals surface area contributed by atoms with Gasteiger partial charge in [-0.1, -0.05) is 27.2 Å². The van der Waals surface area contributed by atoms with E-state index in [1.165, 1.54) is 12.8 Å². The van der Waals surface area contributed by atoms with E-state index in [0.29, 0.717) is 6.42 Å². The number of benzene rings is 1. The third-order valence-electron chi connectivity index (χ3n) is 3.62. The third-order valence-corrected chi connectivity index (χ3v) is 3.62. The van der Waals surface area contributed by atoms with E-state index in [4.69, 9.17) is 0 Å². The molecule has 0 aliphatic heterocycles. The Morgan fingerprint density at radius 2 is 1.75 bits per heavy atom. The van der Waals surface area contributed by atoms with Gasteiger partial charge in [0.15, 0.2) is 5.78 Å². The zero-order valence-corrected chi connectivity index (χ0v) is 13.1. The maximum atomic E-state index is 12.1. The van der Waals surface area contributed by atoms with Crippen LogP contribution in [0.2, 0.25) is 0 Å². The molecule has 0 aromatic heterocycles. The normalized spacial score (nSPS) is 10.8. The summed E-state index contributed by atoms with van der Waals surface area (Å²) in [4.78, 5) is 14.4. The third kappa shape index (κ3) is 5.74. The lowest BCUT2D eigenvalue weighted by molar-refractivity contribution is 0.0966. The smallest absolute Gasteiger partial charge is 0.164 e. The molecule has 0 bridgehead atoms. The molecule has 0 aliphatic rings. The topological polar surface area (TPSA) is 32.3 Å². The highest BCUT2D eigenvalue weighted by molar-refractivity contribution is 5.96. The minimum absolute atomic E-state index is 0.233. The lowest BCUT2D eigenvalue weighted by atomic mass is 10.1. The summed E-state index contributed by atoms with van der Waals surface area (Å²) in [5.41, 5.74) is 1.91. The minimum atomic E-state index is 0.233. The molecule has 3 heteroatoms. The van der Waals surface area contributed by atoms with E-state index >= 15 is 0 Å². The number of anilines is 1. The van der Waals surface area contributed by atoms with Crippen molar-refractivity contribution in [1.29, 1.82) is 0 Å². The fourth-order valence-electron chi connectivity index (χ4n) is 2.13. The van der Waals surface area contributed by atoms with E-state index in [0.717, 1.165) is 37.4 Å². The number of carbonyl (C=O) groups is 1. The molecule has 0 amide bonds. The Bertz CT molecular complexity index is 382. The molecule has 1 rings (SSSR count). The van der Waals surface area contributed by atoms with Gasteiger partial charge in [0.2, 0.25) is 0 Å². The molecule has 1 aromatic carbocycles. The molecule has 112 valence electrons. The van der Waals surface area contributed by atoms with Crippen molar-refractivity contribution in [3.05, 3.63) is 29.8 Å². The number of hydrogen-bond donors (Lipinski definition) is 1. The van der Waals surface area contributed by atoms with E-state index in [1.807, 2.05) is 24.3 Å². The zero-order valence-electron chi connectivity index (χ0n) is 13.1. The molecule has 20 heavy (non-hydrogen) atoms. The van der Waals surface area contributed by atoms with Crippen LogP contribution in [0.25, 0.3) is 0 Å². The van der Waals surface area contributed by atoms with Crippen LogP contribution in [0, 0.1) is 0 Å². The predicted octanol–water partition coefficient (Wildman–Crippen LogP) is 3.81. The summed E-state index contributed by atoms with van der Waals surface area (Å²) in [5.74, 6) is 0.233. The van der Waals surface area contributed by atoms with Gasteiger partial charge in [0.1, 0.15) is 0 Å². The molecular weight excluding hydrogens is 248 g/mol. The maximum absolute atomic E-state index is 12.1. The summed E-state index contributed by atoms with van der Waals surface area (Å²) in [7, 11) is 0. The standard InChI is InChI=1S/C17H28N2O/c1-4-7-13-18-16-10-8-15(9-11-16)17(20)12-14-19(5-2)6-3/h8-11,18H,4-7,12-14H2,1-3H3. The molecule has 0 radical (unpaired) electrons. The van der Waals surface area contributed by atoms with Crippen molar-refractivity contribution in [3.63, 3.8) is 0 Å². The van der Waals surface area contributed by atoms with Crippen molar-refractivity contribution in [2.75, 3.05) is 31.5 Å². The van der Waals surface area contributed by atoms with Crippen LogP contribution < -0.4 is 5.32 Å². The van der Waals surface area contributed by atoms with Crippen LogP contribution in [-0.2, 0) is 0 Å². The Hall–Kier alpha value is -1.35. The van der Waals surface area contributed by atoms with Gasteiger partial charge in [-0.05, 0) is 43.8 Å². The quantitative estimate of drug-likeness (QED) is 0.521. The monoisotopic (exact) mass is 276 g/mol. The average molecular weight is 276 g/mol. The molecule has 1 N–H and O–H groups in total. The van der Waals surface area contributed by atoms with Gasteiger partial charge in [-0.25, -0.2) is 0 Å². The highest BCUT2D eigenvalue weighted by Crippen LogP contribution is 2.11. The molecule has 0 spiro atoms. The first-order valence-corrected chi connectivity index (χ1v) is 7.80. The Balaban J connectivity index is 2.44. The second kappa shape index (κ2) is 9.54. The second-order valence-corrected chi connectivity index (χ2v) is 5.06. The highest BCUT2D eigenvalue weighted by atomic mass is 16.1. The number of nitrogens with zero attached hydrogens (tertiary/aromatic N) is 1. The largest absolute Gasteiger partial charge is 0.385 e. The lowest BCUT2D eigenvalue weighted by Gasteiger charge is -2.17. The van der Waals surface area contributed by atoms with Gasteiger partial charge in [0, 0.05) is 30.8 Å². The summed E-state index contributed by atoms with van der Waals surface area (Å²) < 4.78 is 0. The van der Waals surface area contributed by atoms with E-state index < -0.39 is 0 Å². The Labute approximate surface area is 123 Å². The molecule has 0 unspecified atom stereocenters. The van der Waals surface area contributed by atoms with Crippen molar-refractivity contribution in [3.8, 4) is 0 Å². The lowest BCUT2D eigenvalue weighted by Crippen LogP contribution is -2.25. The van der Waals surface area contributed by atoms with E-state index in [9.17, 15) is 4.79 Å². The van der Waals surface area contributed by atoms with Crippen LogP contribution in [0.3, 0.4) is 0 Å². The zero-order chi connectivity index (χ0) is 14.8.